The van der Waals surface area contributed by atoms with Gasteiger partial charge in [0, 0.05) is 6.42 Å². The van der Waals surface area contributed by atoms with Crippen molar-refractivity contribution in [1.82, 2.24) is 0 Å². The highest BCUT2D eigenvalue weighted by Gasteiger charge is 2.59. The molecule has 29 heavy (non-hydrogen) atoms. The fourth-order valence-corrected chi connectivity index (χ4v) is 8.94. The van der Waals surface area contributed by atoms with E-state index in [0.29, 0.717) is 10.8 Å². The first-order valence-electron chi connectivity index (χ1n) is 12.7. The maximum Gasteiger partial charge on any atom is 0.111 e. The lowest BCUT2D eigenvalue weighted by atomic mass is 9.47. The second-order valence-electron chi connectivity index (χ2n) is 12.4. The predicted octanol–water partition coefficient (Wildman–Crippen LogP) is 7.65. The van der Waals surface area contributed by atoms with Gasteiger partial charge in [-0.2, -0.15) is 0 Å². The summed E-state index contributed by atoms with van der Waals surface area (Å²) in [6.07, 6.45) is 16.6. The van der Waals surface area contributed by atoms with Crippen LogP contribution >= 0.6 is 12.6 Å². The first kappa shape index (κ1) is 22.3. The van der Waals surface area contributed by atoms with E-state index in [-0.39, 0.29) is 0 Å². The van der Waals surface area contributed by atoms with Crippen LogP contribution in [0.25, 0.3) is 0 Å². The second kappa shape index (κ2) is 7.88. The monoisotopic (exact) mass is 418 g/mol. The molecule has 8 atom stereocenters. The summed E-state index contributed by atoms with van der Waals surface area (Å²) in [4.78, 5) is -0.773. The average Bonchev–Trinajstić information content (AvgIpc) is 2.99. The van der Waals surface area contributed by atoms with E-state index in [1.807, 2.05) is 0 Å². The van der Waals surface area contributed by atoms with Crippen molar-refractivity contribution in [2.75, 3.05) is 0 Å². The quantitative estimate of drug-likeness (QED) is 0.267. The van der Waals surface area contributed by atoms with E-state index < -0.39 is 4.93 Å². The maximum absolute atomic E-state index is 10.5. The summed E-state index contributed by atoms with van der Waals surface area (Å²) in [6, 6.07) is 0. The average molecular weight is 419 g/mol. The minimum atomic E-state index is -0.773. The third-order valence-electron chi connectivity index (χ3n) is 10.3. The molecule has 1 nitrogen and oxygen atoms in total. The third kappa shape index (κ3) is 3.88. The van der Waals surface area contributed by atoms with Gasteiger partial charge >= 0.3 is 0 Å². The summed E-state index contributed by atoms with van der Waals surface area (Å²) in [7, 11) is 0. The molecule has 2 heteroatoms. The minimum Gasteiger partial charge on any atom is -0.379 e. The number of hydrogen-bond donors (Lipinski definition) is 2. The highest BCUT2D eigenvalue weighted by Crippen LogP contribution is 2.67. The maximum atomic E-state index is 10.5. The lowest BCUT2D eigenvalue weighted by Crippen LogP contribution is -2.51. The Morgan fingerprint density at radius 1 is 1.03 bits per heavy atom. The number of aliphatic hydroxyl groups is 1. The first-order chi connectivity index (χ1) is 13.6. The molecule has 1 N–H and O–H groups in total. The Balaban J connectivity index is 1.50. The van der Waals surface area contributed by atoms with Gasteiger partial charge in [-0.15, -0.1) is 12.6 Å². The molecule has 4 rings (SSSR count). The minimum absolute atomic E-state index is 0.320. The van der Waals surface area contributed by atoms with E-state index in [4.69, 9.17) is 0 Å². The normalized spacial score (nSPS) is 47.9. The van der Waals surface area contributed by atoms with Gasteiger partial charge in [-0.25, -0.2) is 0 Å². The van der Waals surface area contributed by atoms with E-state index in [1.165, 1.54) is 56.9 Å². The number of hydrogen-bond acceptors (Lipinski definition) is 2. The summed E-state index contributed by atoms with van der Waals surface area (Å²) in [6.45, 7) is 12.5. The molecule has 0 saturated heterocycles. The lowest BCUT2D eigenvalue weighted by Gasteiger charge is -2.59. The van der Waals surface area contributed by atoms with Gasteiger partial charge in [0.1, 0.15) is 4.93 Å². The smallest absolute Gasteiger partial charge is 0.111 e. The zero-order valence-electron chi connectivity index (χ0n) is 19.7. The van der Waals surface area contributed by atoms with Crippen molar-refractivity contribution in [3.05, 3.63) is 11.6 Å². The summed E-state index contributed by atoms with van der Waals surface area (Å²) in [5, 5.41) is 10.5. The SMILES string of the molecule is CC(C)CCC[C@@H](C)[C@H]1CC[C@H]2[C@@H]3CC=C4CC(O)(S)CC[C@]4(C)[C@H]3CC[C@]12C. The molecule has 0 aromatic rings. The number of fused-ring (bicyclic) bond motifs is 5. The van der Waals surface area contributed by atoms with Crippen LogP contribution < -0.4 is 0 Å². The van der Waals surface area contributed by atoms with Gasteiger partial charge in [0.25, 0.3) is 0 Å². The van der Waals surface area contributed by atoms with Crippen molar-refractivity contribution in [2.24, 2.45) is 46.3 Å². The fraction of sp³-hybridized carbons (Fsp3) is 0.926. The molecule has 0 radical (unpaired) electrons. The molecule has 3 saturated carbocycles. The molecule has 4 aliphatic carbocycles. The van der Waals surface area contributed by atoms with E-state index in [9.17, 15) is 5.11 Å². The molecule has 4 aliphatic rings. The Kier molecular flexibility index (Phi) is 6.04. The standard InChI is InChI=1S/C27H46OS/c1-18(2)7-6-8-19(3)22-11-12-23-21-10-9-20-17-27(28,29)16-15-25(20,4)24(21)13-14-26(22,23)5/h9,18-19,21-24,28-29H,6-8,10-17H2,1-5H3/t19-,21+,22-,23+,24+,25+,26-,27?/m1/s1. The molecular formula is C27H46OS. The van der Waals surface area contributed by atoms with Crippen LogP contribution in [0.3, 0.4) is 0 Å². The molecule has 0 spiro atoms. The molecule has 166 valence electrons. The Bertz CT molecular complexity index is 636. The van der Waals surface area contributed by atoms with Gasteiger partial charge in [-0.1, -0.05) is 65.5 Å². The van der Waals surface area contributed by atoms with Crippen molar-refractivity contribution in [3.63, 3.8) is 0 Å². The van der Waals surface area contributed by atoms with Gasteiger partial charge in [-0.3, -0.25) is 0 Å². The van der Waals surface area contributed by atoms with Crippen LogP contribution in [0.4, 0.5) is 0 Å². The van der Waals surface area contributed by atoms with Crippen molar-refractivity contribution >= 4 is 12.6 Å². The van der Waals surface area contributed by atoms with Crippen LogP contribution in [-0.2, 0) is 0 Å². The van der Waals surface area contributed by atoms with Gasteiger partial charge in [0.15, 0.2) is 0 Å². The molecule has 3 fully saturated rings. The molecule has 0 heterocycles. The molecule has 0 aromatic heterocycles. The fourth-order valence-electron chi connectivity index (χ4n) is 8.65. The first-order valence-corrected chi connectivity index (χ1v) is 13.2. The van der Waals surface area contributed by atoms with Gasteiger partial charge < -0.3 is 5.11 Å². The van der Waals surface area contributed by atoms with Crippen LogP contribution in [0, 0.1) is 46.3 Å². The van der Waals surface area contributed by atoms with Crippen LogP contribution in [0.5, 0.6) is 0 Å². The summed E-state index contributed by atoms with van der Waals surface area (Å²) >= 11 is 4.55. The van der Waals surface area contributed by atoms with Crippen LogP contribution in [0.1, 0.15) is 105 Å². The Hall–Kier alpha value is 0.0500. The molecule has 0 bridgehead atoms. The summed E-state index contributed by atoms with van der Waals surface area (Å²) in [5.74, 6) is 5.30. The Morgan fingerprint density at radius 3 is 2.52 bits per heavy atom. The summed E-state index contributed by atoms with van der Waals surface area (Å²) in [5.41, 5.74) is 2.42. The molecule has 0 aliphatic heterocycles. The number of thiol groups is 1. The molecule has 0 amide bonds. The molecular weight excluding hydrogens is 372 g/mol. The van der Waals surface area contributed by atoms with E-state index >= 15 is 0 Å². The van der Waals surface area contributed by atoms with Crippen molar-refractivity contribution < 1.29 is 5.11 Å². The summed E-state index contributed by atoms with van der Waals surface area (Å²) < 4.78 is 0. The number of allylic oxidation sites excluding steroid dienone is 1. The van der Waals surface area contributed by atoms with Gasteiger partial charge in [-0.05, 0) is 91.3 Å². The van der Waals surface area contributed by atoms with Crippen LogP contribution in [0.15, 0.2) is 11.6 Å². The van der Waals surface area contributed by atoms with Crippen LogP contribution in [0.2, 0.25) is 0 Å². The van der Waals surface area contributed by atoms with E-state index in [0.717, 1.165) is 54.8 Å². The Morgan fingerprint density at radius 2 is 1.79 bits per heavy atom. The van der Waals surface area contributed by atoms with Crippen molar-refractivity contribution in [3.8, 4) is 0 Å². The zero-order valence-corrected chi connectivity index (χ0v) is 20.6. The van der Waals surface area contributed by atoms with Gasteiger partial charge in [0.05, 0.1) is 0 Å². The largest absolute Gasteiger partial charge is 0.379 e. The van der Waals surface area contributed by atoms with E-state index in [2.05, 4.69) is 53.3 Å². The highest BCUT2D eigenvalue weighted by molar-refractivity contribution is 7.81. The third-order valence-corrected chi connectivity index (χ3v) is 10.7. The van der Waals surface area contributed by atoms with Crippen LogP contribution in [-0.4, -0.2) is 10.0 Å². The molecule has 1 unspecified atom stereocenters. The van der Waals surface area contributed by atoms with Crippen molar-refractivity contribution in [2.45, 2.75) is 110 Å². The topological polar surface area (TPSA) is 20.2 Å². The van der Waals surface area contributed by atoms with E-state index in [1.54, 1.807) is 0 Å². The number of rotatable bonds is 5. The zero-order chi connectivity index (χ0) is 21.0. The Labute approximate surface area is 185 Å². The highest BCUT2D eigenvalue weighted by atomic mass is 32.1. The molecule has 0 aromatic carbocycles. The predicted molar refractivity (Wildman–Crippen MR) is 127 cm³/mol. The van der Waals surface area contributed by atoms with Crippen molar-refractivity contribution in [1.29, 1.82) is 0 Å². The lowest BCUT2D eigenvalue weighted by molar-refractivity contribution is -0.0600. The van der Waals surface area contributed by atoms with Gasteiger partial charge in [0.2, 0.25) is 0 Å². The second-order valence-corrected chi connectivity index (χ2v) is 13.3.